The normalized spacial score (nSPS) is 11.7. The number of aryl methyl sites for hydroxylation is 1. The molecule has 7 nitrogen and oxygen atoms in total. The van der Waals surface area contributed by atoms with Gasteiger partial charge in [-0.05, 0) is 67.1 Å². The average molecular weight is 616 g/mol. The number of thioether (sulfide) groups is 1. The fourth-order valence-electron chi connectivity index (χ4n) is 5.63. The van der Waals surface area contributed by atoms with Crippen molar-refractivity contribution in [1.82, 2.24) is 4.57 Å². The molecule has 0 radical (unpaired) electrons. The van der Waals surface area contributed by atoms with E-state index >= 15 is 0 Å². The minimum atomic E-state index is -0.542. The molecule has 6 rings (SSSR count). The van der Waals surface area contributed by atoms with Gasteiger partial charge in [0.25, 0.3) is 5.91 Å². The van der Waals surface area contributed by atoms with E-state index < -0.39 is 5.25 Å². The molecule has 0 aliphatic carbocycles. The smallest absolute Gasteiger partial charge is 0.263 e. The Morgan fingerprint density at radius 2 is 1.38 bits per heavy atom. The van der Waals surface area contributed by atoms with Gasteiger partial charge in [0, 0.05) is 44.6 Å². The largest absolute Gasteiger partial charge is 0.496 e. The molecule has 1 heterocycles. The highest BCUT2D eigenvalue weighted by molar-refractivity contribution is 8.00. The van der Waals surface area contributed by atoms with Crippen molar-refractivity contribution >= 4 is 56.8 Å². The van der Waals surface area contributed by atoms with Gasteiger partial charge in [0.15, 0.2) is 0 Å². The number of carbonyl (C=O) groups is 2. The van der Waals surface area contributed by atoms with E-state index in [1.807, 2.05) is 72.8 Å². The number of nitrogens with one attached hydrogen (secondary N) is 2. The molecule has 0 bridgehead atoms. The number of benzene rings is 5. The van der Waals surface area contributed by atoms with Crippen LogP contribution in [0.15, 0.2) is 120 Å². The van der Waals surface area contributed by atoms with Crippen LogP contribution < -0.4 is 20.1 Å². The Morgan fingerprint density at radius 1 is 0.711 bits per heavy atom. The van der Waals surface area contributed by atoms with Gasteiger partial charge < -0.3 is 24.7 Å². The van der Waals surface area contributed by atoms with E-state index in [0.717, 1.165) is 39.0 Å². The molecule has 2 amide bonds. The second-order valence-electron chi connectivity index (χ2n) is 10.4. The zero-order valence-corrected chi connectivity index (χ0v) is 26.1. The lowest BCUT2D eigenvalue weighted by Crippen LogP contribution is -2.19. The first-order chi connectivity index (χ1) is 22.0. The fourth-order valence-corrected chi connectivity index (χ4v) is 6.72. The Hall–Kier alpha value is -5.21. The zero-order chi connectivity index (χ0) is 31.3. The summed E-state index contributed by atoms with van der Waals surface area (Å²) in [7, 11) is 3.03. The standard InChI is InChI=1S/C37H33N3O4S/c1-4-40-30-17-9-8-16-28(30)29-23-26(20-21-31(29)40)39-37(42)35(24-12-6-5-7-13-24)45-27-15-10-14-25(22-27)38-36(41)34-32(43-2)18-11-19-33(34)44-3/h5-23,35H,4H2,1-3H3,(H,38,41)(H,39,42). The molecule has 0 spiro atoms. The number of anilines is 2. The van der Waals surface area contributed by atoms with Crippen molar-refractivity contribution in [3.63, 3.8) is 0 Å². The van der Waals surface area contributed by atoms with Crippen LogP contribution in [0, 0.1) is 0 Å². The number of ether oxygens (including phenoxy) is 2. The monoisotopic (exact) mass is 615 g/mol. The summed E-state index contributed by atoms with van der Waals surface area (Å²) in [5, 5.41) is 7.84. The van der Waals surface area contributed by atoms with Crippen molar-refractivity contribution in [1.29, 1.82) is 0 Å². The summed E-state index contributed by atoms with van der Waals surface area (Å²) < 4.78 is 13.1. The minimum absolute atomic E-state index is 0.141. The summed E-state index contributed by atoms with van der Waals surface area (Å²) in [4.78, 5) is 28.0. The van der Waals surface area contributed by atoms with Gasteiger partial charge in [-0.3, -0.25) is 9.59 Å². The second kappa shape index (κ2) is 13.2. The van der Waals surface area contributed by atoms with Crippen molar-refractivity contribution in [3.05, 3.63) is 126 Å². The van der Waals surface area contributed by atoms with Crippen LogP contribution in [-0.2, 0) is 11.3 Å². The molecule has 8 heteroatoms. The van der Waals surface area contributed by atoms with Gasteiger partial charge in [-0.25, -0.2) is 0 Å². The van der Waals surface area contributed by atoms with E-state index in [-0.39, 0.29) is 11.8 Å². The molecule has 5 aromatic carbocycles. The summed E-state index contributed by atoms with van der Waals surface area (Å²) in [5.74, 6) is 0.327. The summed E-state index contributed by atoms with van der Waals surface area (Å²) >= 11 is 1.42. The van der Waals surface area contributed by atoms with E-state index in [4.69, 9.17) is 9.47 Å². The van der Waals surface area contributed by atoms with Crippen LogP contribution in [0.4, 0.5) is 11.4 Å². The van der Waals surface area contributed by atoms with Crippen molar-refractivity contribution in [2.45, 2.75) is 23.6 Å². The van der Waals surface area contributed by atoms with Gasteiger partial charge in [-0.1, -0.05) is 60.7 Å². The lowest BCUT2D eigenvalue weighted by atomic mass is 10.1. The van der Waals surface area contributed by atoms with Crippen LogP contribution in [0.2, 0.25) is 0 Å². The Morgan fingerprint density at radius 3 is 2.11 bits per heavy atom. The topological polar surface area (TPSA) is 81.6 Å². The first-order valence-corrected chi connectivity index (χ1v) is 15.5. The molecule has 6 aromatic rings. The number of hydrogen-bond donors (Lipinski definition) is 2. The fraction of sp³-hybridized carbons (Fsp3) is 0.135. The van der Waals surface area contributed by atoms with Gasteiger partial charge in [0.2, 0.25) is 5.91 Å². The van der Waals surface area contributed by atoms with Crippen LogP contribution in [0.25, 0.3) is 21.8 Å². The van der Waals surface area contributed by atoms with E-state index in [2.05, 4.69) is 46.4 Å². The zero-order valence-electron chi connectivity index (χ0n) is 25.2. The molecule has 0 saturated carbocycles. The molecule has 0 fully saturated rings. The molecule has 0 saturated heterocycles. The molecule has 1 aromatic heterocycles. The molecular formula is C37H33N3O4S. The molecule has 1 atom stereocenters. The number of rotatable bonds is 10. The van der Waals surface area contributed by atoms with Gasteiger partial charge in [-0.2, -0.15) is 0 Å². The maximum atomic E-state index is 13.9. The summed E-state index contributed by atoms with van der Waals surface area (Å²) in [6.45, 7) is 2.99. The molecule has 2 N–H and O–H groups in total. The quantitative estimate of drug-likeness (QED) is 0.151. The Bertz CT molecular complexity index is 1980. The Kier molecular flexibility index (Phi) is 8.75. The molecule has 1 unspecified atom stereocenters. The highest BCUT2D eigenvalue weighted by Gasteiger charge is 2.24. The van der Waals surface area contributed by atoms with Crippen molar-refractivity contribution < 1.29 is 19.1 Å². The lowest BCUT2D eigenvalue weighted by molar-refractivity contribution is -0.115. The van der Waals surface area contributed by atoms with Crippen LogP contribution in [0.1, 0.15) is 28.1 Å². The molecule has 226 valence electrons. The SMILES string of the molecule is CCn1c2ccccc2c2cc(NC(=O)C(Sc3cccc(NC(=O)c4c(OC)cccc4OC)c3)c3ccccc3)ccc21. The number of carbonyl (C=O) groups excluding carboxylic acids is 2. The van der Waals surface area contributed by atoms with E-state index in [1.165, 1.54) is 31.5 Å². The van der Waals surface area contributed by atoms with E-state index in [1.54, 1.807) is 18.2 Å². The number of amides is 2. The van der Waals surface area contributed by atoms with Crippen LogP contribution >= 0.6 is 11.8 Å². The number of fused-ring (bicyclic) bond motifs is 3. The van der Waals surface area contributed by atoms with Crippen molar-refractivity contribution in [3.8, 4) is 11.5 Å². The van der Waals surface area contributed by atoms with Crippen molar-refractivity contribution in [2.75, 3.05) is 24.9 Å². The van der Waals surface area contributed by atoms with Gasteiger partial charge >= 0.3 is 0 Å². The Labute approximate surface area is 266 Å². The minimum Gasteiger partial charge on any atom is -0.496 e. The predicted molar refractivity (Wildman–Crippen MR) is 183 cm³/mol. The average Bonchev–Trinajstić information content (AvgIpc) is 3.40. The highest BCUT2D eigenvalue weighted by atomic mass is 32.2. The van der Waals surface area contributed by atoms with Gasteiger partial charge in [0.1, 0.15) is 22.3 Å². The maximum absolute atomic E-state index is 13.9. The van der Waals surface area contributed by atoms with Crippen LogP contribution in [-0.4, -0.2) is 30.6 Å². The molecule has 45 heavy (non-hydrogen) atoms. The molecular weight excluding hydrogens is 582 g/mol. The summed E-state index contributed by atoms with van der Waals surface area (Å²) in [5.41, 5.74) is 4.81. The second-order valence-corrected chi connectivity index (χ2v) is 11.6. The van der Waals surface area contributed by atoms with Gasteiger partial charge in [0.05, 0.1) is 14.2 Å². The number of methoxy groups -OCH3 is 2. The third-order valence-corrected chi connectivity index (χ3v) is 8.95. The van der Waals surface area contributed by atoms with Gasteiger partial charge in [-0.15, -0.1) is 11.8 Å². The van der Waals surface area contributed by atoms with Crippen molar-refractivity contribution in [2.24, 2.45) is 0 Å². The van der Waals surface area contributed by atoms with E-state index in [9.17, 15) is 9.59 Å². The van der Waals surface area contributed by atoms with Crippen LogP contribution in [0.5, 0.6) is 11.5 Å². The number of aromatic nitrogens is 1. The van der Waals surface area contributed by atoms with E-state index in [0.29, 0.717) is 22.7 Å². The highest BCUT2D eigenvalue weighted by Crippen LogP contribution is 2.38. The predicted octanol–water partition coefficient (Wildman–Crippen LogP) is 8.56. The molecule has 0 aliphatic heterocycles. The number of para-hydroxylation sites is 1. The Balaban J connectivity index is 1.27. The summed E-state index contributed by atoms with van der Waals surface area (Å²) in [6.07, 6.45) is 0. The first kappa shape index (κ1) is 29.8. The first-order valence-electron chi connectivity index (χ1n) is 14.7. The van der Waals surface area contributed by atoms with Crippen LogP contribution in [0.3, 0.4) is 0 Å². The maximum Gasteiger partial charge on any atom is 0.263 e. The third kappa shape index (κ3) is 6.10. The summed E-state index contributed by atoms with van der Waals surface area (Å²) in [6, 6.07) is 36.8. The number of nitrogens with zero attached hydrogens (tertiary/aromatic N) is 1. The number of hydrogen-bond acceptors (Lipinski definition) is 5. The third-order valence-electron chi connectivity index (χ3n) is 7.70. The lowest BCUT2D eigenvalue weighted by Gasteiger charge is -2.18. The molecule has 0 aliphatic rings.